The number of amides is 4. The first-order valence-electron chi connectivity index (χ1n) is 16.1. The van der Waals surface area contributed by atoms with Gasteiger partial charge >= 0.3 is 6.09 Å². The summed E-state index contributed by atoms with van der Waals surface area (Å²) in [5.74, 6) is -1.52. The van der Waals surface area contributed by atoms with Gasteiger partial charge < -0.3 is 25.6 Å². The van der Waals surface area contributed by atoms with Gasteiger partial charge in [-0.05, 0) is 87.8 Å². The number of benzene rings is 2. The Morgan fingerprint density at radius 1 is 1.06 bits per heavy atom. The summed E-state index contributed by atoms with van der Waals surface area (Å²) in [4.78, 5) is 54.1. The van der Waals surface area contributed by atoms with Gasteiger partial charge in [0, 0.05) is 24.7 Å². The number of para-hydroxylation sites is 2. The molecule has 2 aliphatic heterocycles. The summed E-state index contributed by atoms with van der Waals surface area (Å²) >= 11 is 6.19. The fraction of sp³-hybridized carbons (Fsp3) is 0.515. The van der Waals surface area contributed by atoms with E-state index in [0.717, 1.165) is 30.0 Å². The van der Waals surface area contributed by atoms with Crippen LogP contribution in [0.1, 0.15) is 69.4 Å². The summed E-state index contributed by atoms with van der Waals surface area (Å²) in [5, 5.41) is 8.61. The van der Waals surface area contributed by atoms with Crippen molar-refractivity contribution in [2.75, 3.05) is 35.9 Å². The third kappa shape index (κ3) is 8.95. The van der Waals surface area contributed by atoms with Crippen LogP contribution in [0, 0.1) is 13.8 Å². The number of alkyl carbamates (subject to hydrolysis) is 1. The lowest BCUT2D eigenvalue weighted by Gasteiger charge is -2.37. The summed E-state index contributed by atoms with van der Waals surface area (Å²) in [7, 11) is -4.36. The van der Waals surface area contributed by atoms with E-state index < -0.39 is 46.4 Å². The Bertz CT molecular complexity index is 1560. The molecule has 2 aromatic rings. The molecule has 12 nitrogen and oxygen atoms in total. The number of hydrogen-bond donors (Lipinski definition) is 3. The second-order valence-corrected chi connectivity index (χ2v) is 14.1. The molecule has 0 spiro atoms. The fourth-order valence-electron chi connectivity index (χ4n) is 6.01. The van der Waals surface area contributed by atoms with Gasteiger partial charge in [0.2, 0.25) is 17.7 Å². The lowest BCUT2D eigenvalue weighted by Crippen LogP contribution is -2.54. The normalized spacial score (nSPS) is 16.7. The van der Waals surface area contributed by atoms with Crippen molar-refractivity contribution in [3.05, 3.63) is 52.5 Å². The quantitative estimate of drug-likeness (QED) is 0.244. The van der Waals surface area contributed by atoms with Crippen molar-refractivity contribution < 1.29 is 32.3 Å². The molecule has 2 aliphatic rings. The van der Waals surface area contributed by atoms with Crippen LogP contribution in [-0.4, -0.2) is 75.5 Å². The zero-order valence-corrected chi connectivity index (χ0v) is 28.7. The maximum absolute atomic E-state index is 14.3. The number of nitrogens with one attached hydrogen (secondary N) is 3. The molecule has 14 heteroatoms. The van der Waals surface area contributed by atoms with E-state index in [0.29, 0.717) is 67.3 Å². The average Bonchev–Trinajstić information content (AvgIpc) is 3.55. The number of likely N-dealkylation sites (tertiary alicyclic amines) is 1. The number of anilines is 2. The van der Waals surface area contributed by atoms with Crippen LogP contribution in [0.25, 0.3) is 0 Å². The van der Waals surface area contributed by atoms with E-state index in [4.69, 9.17) is 16.3 Å². The van der Waals surface area contributed by atoms with Crippen molar-refractivity contribution >= 4 is 56.8 Å². The van der Waals surface area contributed by atoms with Gasteiger partial charge in [-0.25, -0.2) is 13.2 Å². The molecule has 0 aliphatic carbocycles. The van der Waals surface area contributed by atoms with Crippen LogP contribution in [0.2, 0.25) is 5.02 Å². The van der Waals surface area contributed by atoms with Crippen LogP contribution in [0.5, 0.6) is 0 Å². The van der Waals surface area contributed by atoms with E-state index in [1.165, 1.54) is 0 Å². The Morgan fingerprint density at radius 3 is 2.43 bits per heavy atom. The number of hydrogen-bond acceptors (Lipinski definition) is 7. The minimum Gasteiger partial charge on any atom is -0.450 e. The minimum atomic E-state index is -4.36. The molecular weight excluding hydrogens is 646 g/mol. The second kappa shape index (κ2) is 16.3. The van der Waals surface area contributed by atoms with Crippen LogP contribution in [0.4, 0.5) is 16.2 Å². The van der Waals surface area contributed by atoms with Crippen LogP contribution >= 0.6 is 11.6 Å². The molecule has 1 saturated heterocycles. The average molecular weight is 690 g/mol. The monoisotopic (exact) mass is 689 g/mol. The molecule has 2 atom stereocenters. The SMILES string of the molecule is CCCCOC(=O)NCCCCC(NC(=O)CC1C(=O)Nc2ccccc2N1S(=O)(=O)c1c(C)cc(Cl)cc1C)C(=O)N1CCCC1. The summed E-state index contributed by atoms with van der Waals surface area (Å²) in [6.45, 7) is 7.13. The minimum absolute atomic E-state index is 0.00162. The summed E-state index contributed by atoms with van der Waals surface area (Å²) in [6, 6.07) is 7.29. The Kier molecular flexibility index (Phi) is 12.5. The number of sulfonamides is 1. The Morgan fingerprint density at radius 2 is 1.74 bits per heavy atom. The van der Waals surface area contributed by atoms with Crippen LogP contribution in [0.15, 0.2) is 41.3 Å². The number of fused-ring (bicyclic) bond motifs is 1. The molecule has 256 valence electrons. The van der Waals surface area contributed by atoms with Crippen LogP contribution in [-0.2, 0) is 29.1 Å². The molecule has 2 aromatic carbocycles. The van der Waals surface area contributed by atoms with Crippen molar-refractivity contribution in [2.24, 2.45) is 0 Å². The largest absolute Gasteiger partial charge is 0.450 e. The first-order valence-corrected chi connectivity index (χ1v) is 18.0. The zero-order valence-electron chi connectivity index (χ0n) is 27.1. The third-order valence-electron chi connectivity index (χ3n) is 8.28. The van der Waals surface area contributed by atoms with Crippen LogP contribution in [0.3, 0.4) is 0 Å². The molecule has 0 saturated carbocycles. The first-order chi connectivity index (χ1) is 22.4. The molecule has 2 unspecified atom stereocenters. The predicted molar refractivity (Wildman–Crippen MR) is 180 cm³/mol. The maximum Gasteiger partial charge on any atom is 0.407 e. The van der Waals surface area contributed by atoms with E-state index in [1.807, 2.05) is 6.92 Å². The van der Waals surface area contributed by atoms with Gasteiger partial charge in [-0.15, -0.1) is 0 Å². The van der Waals surface area contributed by atoms with Crippen LogP contribution < -0.4 is 20.3 Å². The molecule has 4 rings (SSSR count). The summed E-state index contributed by atoms with van der Waals surface area (Å²) in [6.07, 6.45) is 3.81. The highest BCUT2D eigenvalue weighted by atomic mass is 35.5. The highest BCUT2D eigenvalue weighted by Crippen LogP contribution is 2.39. The van der Waals surface area contributed by atoms with E-state index >= 15 is 0 Å². The van der Waals surface area contributed by atoms with Gasteiger partial charge in [0.05, 0.1) is 29.3 Å². The lowest BCUT2D eigenvalue weighted by atomic mass is 10.1. The predicted octanol–water partition coefficient (Wildman–Crippen LogP) is 4.67. The molecule has 2 heterocycles. The number of unbranched alkanes of at least 4 members (excludes halogenated alkanes) is 2. The zero-order chi connectivity index (χ0) is 34.1. The number of nitrogens with zero attached hydrogens (tertiary/aromatic N) is 2. The number of carbonyl (C=O) groups excluding carboxylic acids is 4. The van der Waals surface area contributed by atoms with E-state index in [9.17, 15) is 27.6 Å². The smallest absolute Gasteiger partial charge is 0.407 e. The highest BCUT2D eigenvalue weighted by molar-refractivity contribution is 7.93. The van der Waals surface area contributed by atoms with Gasteiger partial charge in [-0.2, -0.15) is 0 Å². The summed E-state index contributed by atoms with van der Waals surface area (Å²) in [5.41, 5.74) is 1.33. The standard InChI is InChI=1S/C33H44ClN5O7S/c1-4-5-18-46-33(43)35-15-9-8-13-26(32(42)38-16-10-11-17-38)36-29(40)21-28-31(41)37-25-12-6-7-14-27(25)39(28)47(44,45)30-22(2)19-24(34)20-23(30)3/h6-7,12,14,19-20,26,28H,4-5,8-11,13,15-18,21H2,1-3H3,(H,35,43)(H,36,40)(H,37,41). The number of rotatable bonds is 14. The molecule has 47 heavy (non-hydrogen) atoms. The Hall–Kier alpha value is -3.84. The van der Waals surface area contributed by atoms with E-state index in [-0.39, 0.29) is 16.5 Å². The van der Waals surface area contributed by atoms with Gasteiger partial charge in [0.25, 0.3) is 10.0 Å². The Balaban J connectivity index is 1.52. The van der Waals surface area contributed by atoms with Gasteiger partial charge in [-0.3, -0.25) is 18.7 Å². The molecule has 1 fully saturated rings. The van der Waals surface area contributed by atoms with Gasteiger partial charge in [-0.1, -0.05) is 37.1 Å². The first kappa shape index (κ1) is 36.0. The highest BCUT2D eigenvalue weighted by Gasteiger charge is 2.43. The molecule has 4 amide bonds. The van der Waals surface area contributed by atoms with Crippen molar-refractivity contribution in [3.8, 4) is 0 Å². The van der Waals surface area contributed by atoms with Crippen molar-refractivity contribution in [1.29, 1.82) is 0 Å². The lowest BCUT2D eigenvalue weighted by molar-refractivity contribution is -0.136. The molecule has 3 N–H and O–H groups in total. The molecular formula is C33H44ClN5O7S. The fourth-order valence-corrected chi connectivity index (χ4v) is 8.38. The molecule has 0 bridgehead atoms. The van der Waals surface area contributed by atoms with Crippen molar-refractivity contribution in [2.45, 2.75) is 89.1 Å². The van der Waals surface area contributed by atoms with E-state index in [2.05, 4.69) is 16.0 Å². The maximum atomic E-state index is 14.3. The number of halogens is 1. The topological polar surface area (TPSA) is 154 Å². The second-order valence-electron chi connectivity index (χ2n) is 12.0. The van der Waals surface area contributed by atoms with E-state index in [1.54, 1.807) is 55.1 Å². The number of carbonyl (C=O) groups is 4. The Labute approximate surface area is 281 Å². The third-order valence-corrected chi connectivity index (χ3v) is 10.6. The molecule has 0 radical (unpaired) electrons. The van der Waals surface area contributed by atoms with Gasteiger partial charge in [0.1, 0.15) is 12.1 Å². The molecule has 0 aromatic heterocycles. The summed E-state index contributed by atoms with van der Waals surface area (Å²) < 4.78 is 34.8. The van der Waals surface area contributed by atoms with Gasteiger partial charge in [0.15, 0.2) is 0 Å². The van der Waals surface area contributed by atoms with Crippen molar-refractivity contribution in [3.63, 3.8) is 0 Å². The van der Waals surface area contributed by atoms with Crippen molar-refractivity contribution in [1.82, 2.24) is 15.5 Å². The number of aryl methyl sites for hydroxylation is 2. The number of ether oxygens (including phenoxy) is 1.